The van der Waals surface area contributed by atoms with Crippen LogP contribution in [0.4, 0.5) is 5.13 Å². The molecule has 0 bridgehead atoms. The van der Waals surface area contributed by atoms with Gasteiger partial charge in [-0.15, -0.1) is 22.7 Å². The normalized spacial score (nSPS) is 13.7. The summed E-state index contributed by atoms with van der Waals surface area (Å²) in [6, 6.07) is 12.9. The average Bonchev–Trinajstić information content (AvgIpc) is 3.37. The Bertz CT molecular complexity index is 922. The van der Waals surface area contributed by atoms with Crippen molar-refractivity contribution in [2.75, 3.05) is 11.4 Å². The number of thiazole rings is 1. The highest BCUT2D eigenvalue weighted by molar-refractivity contribution is 7.14. The number of benzene rings is 1. The first-order chi connectivity index (χ1) is 13.1. The second-order valence-corrected chi connectivity index (χ2v) is 9.22. The number of rotatable bonds is 7. The molecule has 1 N–H and O–H groups in total. The van der Waals surface area contributed by atoms with Gasteiger partial charge in [-0.05, 0) is 43.0 Å². The van der Waals surface area contributed by atoms with Crippen LogP contribution >= 0.6 is 22.7 Å². The number of carboxylic acid groups (broad SMARTS) is 1. The van der Waals surface area contributed by atoms with Crippen molar-refractivity contribution in [3.05, 3.63) is 68.4 Å². The van der Waals surface area contributed by atoms with Gasteiger partial charge in [-0.1, -0.05) is 24.3 Å². The number of carboxylic acids is 1. The summed E-state index contributed by atoms with van der Waals surface area (Å²) in [4.78, 5) is 20.6. The van der Waals surface area contributed by atoms with E-state index >= 15 is 0 Å². The molecule has 1 aliphatic rings. The first kappa shape index (κ1) is 18.2. The van der Waals surface area contributed by atoms with Gasteiger partial charge in [0.25, 0.3) is 0 Å². The summed E-state index contributed by atoms with van der Waals surface area (Å²) in [6.07, 6.45) is 2.20. The summed E-state index contributed by atoms with van der Waals surface area (Å²) < 4.78 is 0. The van der Waals surface area contributed by atoms with E-state index in [1.807, 2.05) is 0 Å². The van der Waals surface area contributed by atoms with Gasteiger partial charge in [0.2, 0.25) is 0 Å². The van der Waals surface area contributed by atoms with E-state index in [-0.39, 0.29) is 6.42 Å². The molecule has 1 aromatic carbocycles. The summed E-state index contributed by atoms with van der Waals surface area (Å²) in [5, 5.41) is 12.2. The van der Waals surface area contributed by atoms with Gasteiger partial charge in [-0.3, -0.25) is 4.79 Å². The van der Waals surface area contributed by atoms with Gasteiger partial charge in [-0.2, -0.15) is 0 Å². The van der Waals surface area contributed by atoms with Crippen molar-refractivity contribution >= 4 is 33.8 Å². The van der Waals surface area contributed by atoms with Crippen LogP contribution in [0.15, 0.2) is 41.8 Å². The van der Waals surface area contributed by atoms with Crippen molar-refractivity contribution < 1.29 is 9.90 Å². The Morgan fingerprint density at radius 3 is 2.59 bits per heavy atom. The predicted molar refractivity (Wildman–Crippen MR) is 111 cm³/mol. The van der Waals surface area contributed by atoms with Crippen LogP contribution in [-0.4, -0.2) is 22.6 Å². The molecule has 2 aromatic heterocycles. The zero-order valence-corrected chi connectivity index (χ0v) is 16.9. The van der Waals surface area contributed by atoms with Crippen LogP contribution in [0.25, 0.3) is 0 Å². The second-order valence-electron chi connectivity index (χ2n) is 7.01. The SMILES string of the molecule is Cc1ccc(CN(CCC(=O)O)c2nc(C3Cc4ccccc4C3)cs2)s1. The minimum atomic E-state index is -0.773. The van der Waals surface area contributed by atoms with E-state index in [0.29, 0.717) is 19.0 Å². The zero-order chi connectivity index (χ0) is 18.8. The van der Waals surface area contributed by atoms with Crippen LogP contribution < -0.4 is 4.90 Å². The molecule has 1 aliphatic carbocycles. The van der Waals surface area contributed by atoms with Crippen LogP contribution in [0.5, 0.6) is 0 Å². The Morgan fingerprint density at radius 1 is 1.22 bits per heavy atom. The minimum Gasteiger partial charge on any atom is -0.481 e. The fourth-order valence-corrected chi connectivity index (χ4v) is 5.45. The number of hydrogen-bond acceptors (Lipinski definition) is 5. The highest BCUT2D eigenvalue weighted by Gasteiger charge is 2.25. The minimum absolute atomic E-state index is 0.119. The topological polar surface area (TPSA) is 53.4 Å². The van der Waals surface area contributed by atoms with Crippen molar-refractivity contribution in [3.8, 4) is 0 Å². The fraction of sp³-hybridized carbons (Fsp3) is 0.333. The van der Waals surface area contributed by atoms with Gasteiger partial charge in [0.05, 0.1) is 18.7 Å². The maximum Gasteiger partial charge on any atom is 0.305 e. The lowest BCUT2D eigenvalue weighted by Gasteiger charge is -2.20. The van der Waals surface area contributed by atoms with E-state index in [9.17, 15) is 4.79 Å². The van der Waals surface area contributed by atoms with Crippen molar-refractivity contribution in [2.45, 2.75) is 38.6 Å². The quantitative estimate of drug-likeness (QED) is 0.616. The Labute approximate surface area is 167 Å². The van der Waals surface area contributed by atoms with E-state index in [4.69, 9.17) is 10.1 Å². The first-order valence-electron chi connectivity index (χ1n) is 9.13. The summed E-state index contributed by atoms with van der Waals surface area (Å²) >= 11 is 3.38. The molecule has 0 saturated heterocycles. The smallest absolute Gasteiger partial charge is 0.305 e. The van der Waals surface area contributed by atoms with Crippen molar-refractivity contribution in [1.82, 2.24) is 4.98 Å². The van der Waals surface area contributed by atoms with Gasteiger partial charge >= 0.3 is 5.97 Å². The highest BCUT2D eigenvalue weighted by atomic mass is 32.1. The van der Waals surface area contributed by atoms with Crippen LogP contribution in [-0.2, 0) is 24.2 Å². The molecule has 140 valence electrons. The number of nitrogens with zero attached hydrogens (tertiary/aromatic N) is 2. The average molecular weight is 399 g/mol. The molecule has 0 fully saturated rings. The van der Waals surface area contributed by atoms with E-state index in [1.54, 1.807) is 22.7 Å². The van der Waals surface area contributed by atoms with Crippen LogP contribution in [0.2, 0.25) is 0 Å². The molecule has 0 spiro atoms. The van der Waals surface area contributed by atoms with Gasteiger partial charge in [0.1, 0.15) is 0 Å². The molecular weight excluding hydrogens is 376 g/mol. The molecule has 0 radical (unpaired) electrons. The fourth-order valence-electron chi connectivity index (χ4n) is 3.61. The third-order valence-electron chi connectivity index (χ3n) is 4.99. The maximum absolute atomic E-state index is 11.1. The summed E-state index contributed by atoms with van der Waals surface area (Å²) in [7, 11) is 0. The number of thiophene rings is 1. The standard InChI is InChI=1S/C21H22N2O2S2/c1-14-6-7-18(27-14)12-23(9-8-20(24)25)21-22-19(13-26-21)17-10-15-4-2-3-5-16(15)11-17/h2-7,13,17H,8-12H2,1H3,(H,24,25). The van der Waals surface area contributed by atoms with Crippen LogP contribution in [0.3, 0.4) is 0 Å². The molecule has 27 heavy (non-hydrogen) atoms. The van der Waals surface area contributed by atoms with Gasteiger partial charge < -0.3 is 10.0 Å². The summed E-state index contributed by atoms with van der Waals surface area (Å²) in [5.74, 6) is -0.344. The van der Waals surface area contributed by atoms with E-state index in [2.05, 4.69) is 53.6 Å². The molecule has 4 nitrogen and oxygen atoms in total. The lowest BCUT2D eigenvalue weighted by Crippen LogP contribution is -2.25. The lowest BCUT2D eigenvalue weighted by molar-refractivity contribution is -0.136. The molecule has 0 unspecified atom stereocenters. The van der Waals surface area contributed by atoms with Crippen molar-refractivity contribution in [2.24, 2.45) is 0 Å². The molecule has 0 saturated carbocycles. The van der Waals surface area contributed by atoms with Gasteiger partial charge in [0, 0.05) is 27.6 Å². The van der Waals surface area contributed by atoms with Gasteiger partial charge in [0.15, 0.2) is 5.13 Å². The Hall–Kier alpha value is -2.18. The molecule has 0 aliphatic heterocycles. The van der Waals surface area contributed by atoms with Crippen LogP contribution in [0, 0.1) is 6.92 Å². The maximum atomic E-state index is 11.1. The Balaban J connectivity index is 1.51. The number of carbonyl (C=O) groups is 1. The molecular formula is C21H22N2O2S2. The first-order valence-corrected chi connectivity index (χ1v) is 10.8. The number of aliphatic carboxylic acids is 1. The summed E-state index contributed by atoms with van der Waals surface area (Å²) in [6.45, 7) is 3.28. The second kappa shape index (κ2) is 7.82. The molecule has 4 rings (SSSR count). The van der Waals surface area contributed by atoms with E-state index < -0.39 is 5.97 Å². The number of aryl methyl sites for hydroxylation is 1. The zero-order valence-electron chi connectivity index (χ0n) is 15.2. The number of fused-ring (bicyclic) bond motifs is 1. The van der Waals surface area contributed by atoms with Crippen LogP contribution in [0.1, 0.15) is 38.9 Å². The number of anilines is 1. The highest BCUT2D eigenvalue weighted by Crippen LogP contribution is 2.36. The monoisotopic (exact) mass is 398 g/mol. The van der Waals surface area contributed by atoms with Gasteiger partial charge in [-0.25, -0.2) is 4.98 Å². The van der Waals surface area contributed by atoms with Crippen molar-refractivity contribution in [1.29, 1.82) is 0 Å². The third kappa shape index (κ3) is 4.22. The Morgan fingerprint density at radius 2 is 1.96 bits per heavy atom. The number of hydrogen-bond donors (Lipinski definition) is 1. The van der Waals surface area contributed by atoms with E-state index in [0.717, 1.165) is 23.7 Å². The molecule has 3 aromatic rings. The lowest BCUT2D eigenvalue weighted by atomic mass is 10.0. The molecule has 6 heteroatoms. The van der Waals surface area contributed by atoms with E-state index in [1.165, 1.54) is 20.9 Å². The molecule has 0 atom stereocenters. The predicted octanol–water partition coefficient (Wildman–Crippen LogP) is 4.88. The largest absolute Gasteiger partial charge is 0.481 e. The Kier molecular flexibility index (Phi) is 5.27. The third-order valence-corrected chi connectivity index (χ3v) is 6.89. The number of aromatic nitrogens is 1. The molecule has 2 heterocycles. The summed E-state index contributed by atoms with van der Waals surface area (Å²) in [5.41, 5.74) is 3.98. The van der Waals surface area contributed by atoms with Crippen molar-refractivity contribution in [3.63, 3.8) is 0 Å². The molecule has 0 amide bonds.